The Kier molecular flexibility index (Phi) is 7.34. The van der Waals surface area contributed by atoms with Crippen molar-refractivity contribution in [2.75, 3.05) is 13.7 Å². The summed E-state index contributed by atoms with van der Waals surface area (Å²) in [5.74, 6) is 0.0213. The zero-order chi connectivity index (χ0) is 16.8. The molecule has 0 aromatic rings. The molecule has 0 saturated carbocycles. The first-order valence-electron chi connectivity index (χ1n) is 8.43. The molecule has 0 aromatic heterocycles. The van der Waals surface area contributed by atoms with Crippen LogP contribution < -0.4 is 0 Å². The highest BCUT2D eigenvalue weighted by Crippen LogP contribution is 2.45. The SMILES string of the molecule is COCCC1C(C)=CC(C)=CC1(CCCCC(C)C)C(=O)O. The van der Waals surface area contributed by atoms with Crippen LogP contribution in [0.5, 0.6) is 0 Å². The van der Waals surface area contributed by atoms with Gasteiger partial charge in [0.05, 0.1) is 5.41 Å². The van der Waals surface area contributed by atoms with E-state index >= 15 is 0 Å². The summed E-state index contributed by atoms with van der Waals surface area (Å²) in [6.45, 7) is 9.09. The molecule has 1 N–H and O–H groups in total. The van der Waals surface area contributed by atoms with Gasteiger partial charge in [-0.3, -0.25) is 4.79 Å². The molecule has 1 aliphatic carbocycles. The predicted octanol–water partition coefficient (Wildman–Crippen LogP) is 4.83. The normalized spacial score (nSPS) is 25.1. The topological polar surface area (TPSA) is 46.5 Å². The highest BCUT2D eigenvalue weighted by atomic mass is 16.5. The van der Waals surface area contributed by atoms with Crippen molar-refractivity contribution < 1.29 is 14.6 Å². The number of methoxy groups -OCH3 is 1. The van der Waals surface area contributed by atoms with Crippen LogP contribution in [0.25, 0.3) is 0 Å². The maximum atomic E-state index is 12.2. The van der Waals surface area contributed by atoms with Crippen molar-refractivity contribution in [3.63, 3.8) is 0 Å². The Balaban J connectivity index is 2.94. The number of carboxylic acids is 1. The molecule has 0 spiro atoms. The Hall–Kier alpha value is -1.09. The average Bonchev–Trinajstić information content (AvgIpc) is 2.42. The third-order valence-corrected chi connectivity index (χ3v) is 4.74. The fourth-order valence-corrected chi connectivity index (χ4v) is 3.67. The molecule has 0 heterocycles. The number of allylic oxidation sites excluding steroid dienone is 3. The van der Waals surface area contributed by atoms with Gasteiger partial charge in [0.2, 0.25) is 0 Å². The van der Waals surface area contributed by atoms with Crippen LogP contribution in [-0.2, 0) is 9.53 Å². The number of aliphatic carboxylic acids is 1. The van der Waals surface area contributed by atoms with Crippen LogP contribution in [0.15, 0.2) is 23.3 Å². The minimum Gasteiger partial charge on any atom is -0.481 e. The van der Waals surface area contributed by atoms with Crippen LogP contribution in [-0.4, -0.2) is 24.8 Å². The predicted molar refractivity (Wildman–Crippen MR) is 90.9 cm³/mol. The van der Waals surface area contributed by atoms with E-state index < -0.39 is 11.4 Å². The summed E-state index contributed by atoms with van der Waals surface area (Å²) >= 11 is 0. The summed E-state index contributed by atoms with van der Waals surface area (Å²) in [4.78, 5) is 12.2. The number of hydrogen-bond acceptors (Lipinski definition) is 2. The molecular formula is C19H32O3. The molecule has 1 rings (SSSR count). The van der Waals surface area contributed by atoms with Crippen molar-refractivity contribution in [3.05, 3.63) is 23.3 Å². The third-order valence-electron chi connectivity index (χ3n) is 4.74. The Labute approximate surface area is 135 Å². The summed E-state index contributed by atoms with van der Waals surface area (Å²) in [6, 6.07) is 0. The van der Waals surface area contributed by atoms with Crippen molar-refractivity contribution in [1.82, 2.24) is 0 Å². The van der Waals surface area contributed by atoms with E-state index in [1.165, 1.54) is 5.57 Å². The molecule has 0 aliphatic heterocycles. The number of hydrogen-bond donors (Lipinski definition) is 1. The van der Waals surface area contributed by atoms with Gasteiger partial charge in [0, 0.05) is 19.6 Å². The molecule has 0 radical (unpaired) electrons. The second-order valence-electron chi connectivity index (χ2n) is 7.10. The number of carbonyl (C=O) groups is 1. The Morgan fingerprint density at radius 2 is 2.05 bits per heavy atom. The van der Waals surface area contributed by atoms with Crippen molar-refractivity contribution in [1.29, 1.82) is 0 Å². The number of ether oxygens (including phenoxy) is 1. The minimum atomic E-state index is -0.765. The lowest BCUT2D eigenvalue weighted by atomic mass is 9.64. The van der Waals surface area contributed by atoms with Crippen molar-refractivity contribution >= 4 is 5.97 Å². The monoisotopic (exact) mass is 308 g/mol. The molecule has 1 aliphatic rings. The van der Waals surface area contributed by atoms with E-state index in [0.29, 0.717) is 18.9 Å². The van der Waals surface area contributed by atoms with Crippen LogP contribution in [0.1, 0.15) is 59.8 Å². The summed E-state index contributed by atoms with van der Waals surface area (Å²) in [5.41, 5.74) is 1.47. The Bertz CT molecular complexity index is 434. The highest BCUT2D eigenvalue weighted by Gasteiger charge is 2.45. The van der Waals surface area contributed by atoms with Crippen molar-refractivity contribution in [2.24, 2.45) is 17.3 Å². The molecule has 2 atom stereocenters. The number of rotatable bonds is 9. The van der Waals surface area contributed by atoms with Gasteiger partial charge in [-0.15, -0.1) is 0 Å². The zero-order valence-electron chi connectivity index (χ0n) is 14.8. The van der Waals surface area contributed by atoms with E-state index in [2.05, 4.69) is 26.8 Å². The standard InChI is InChI=1S/C19H32O3/c1-14(2)8-6-7-10-19(18(20)21)13-15(3)12-16(4)17(19)9-11-22-5/h12-14,17H,6-11H2,1-5H3,(H,20,21). The lowest BCUT2D eigenvalue weighted by molar-refractivity contribution is -0.149. The number of carboxylic acid groups (broad SMARTS) is 1. The van der Waals surface area contributed by atoms with Crippen molar-refractivity contribution in [3.8, 4) is 0 Å². The molecule has 3 nitrogen and oxygen atoms in total. The maximum Gasteiger partial charge on any atom is 0.314 e. The van der Waals surface area contributed by atoms with Gasteiger partial charge in [-0.05, 0) is 32.6 Å². The lowest BCUT2D eigenvalue weighted by Crippen LogP contribution is -2.40. The first-order valence-corrected chi connectivity index (χ1v) is 8.43. The molecule has 3 heteroatoms. The summed E-state index contributed by atoms with van der Waals surface area (Å²) < 4.78 is 5.21. The smallest absolute Gasteiger partial charge is 0.314 e. The Morgan fingerprint density at radius 3 is 2.59 bits per heavy atom. The quantitative estimate of drug-likeness (QED) is 0.620. The molecule has 0 bridgehead atoms. The lowest BCUT2D eigenvalue weighted by Gasteiger charge is -2.39. The minimum absolute atomic E-state index is 0.0349. The van der Waals surface area contributed by atoms with E-state index in [9.17, 15) is 9.90 Å². The molecule has 0 fully saturated rings. The zero-order valence-corrected chi connectivity index (χ0v) is 14.8. The second-order valence-corrected chi connectivity index (χ2v) is 7.10. The van der Waals surface area contributed by atoms with Gasteiger partial charge in [-0.2, -0.15) is 0 Å². The van der Waals surface area contributed by atoms with E-state index in [0.717, 1.165) is 31.3 Å². The first kappa shape index (κ1) is 19.0. The Morgan fingerprint density at radius 1 is 1.36 bits per heavy atom. The molecule has 0 aromatic carbocycles. The largest absolute Gasteiger partial charge is 0.481 e. The average molecular weight is 308 g/mol. The third kappa shape index (κ3) is 4.70. The van der Waals surface area contributed by atoms with Crippen molar-refractivity contribution in [2.45, 2.75) is 59.8 Å². The molecule has 0 saturated heterocycles. The second kappa shape index (κ2) is 8.52. The summed E-state index contributed by atoms with van der Waals surface area (Å²) in [6.07, 6.45) is 8.80. The summed E-state index contributed by atoms with van der Waals surface area (Å²) in [7, 11) is 1.67. The molecule has 2 unspecified atom stereocenters. The van der Waals surface area contributed by atoms with Crippen LogP contribution in [0.3, 0.4) is 0 Å². The van der Waals surface area contributed by atoms with Crippen LogP contribution in [0, 0.1) is 17.3 Å². The van der Waals surface area contributed by atoms with Gasteiger partial charge in [0.1, 0.15) is 0 Å². The molecule has 22 heavy (non-hydrogen) atoms. The van der Waals surface area contributed by atoms with E-state index in [1.807, 2.05) is 13.0 Å². The van der Waals surface area contributed by atoms with Gasteiger partial charge in [0.15, 0.2) is 0 Å². The van der Waals surface area contributed by atoms with Crippen LogP contribution in [0.2, 0.25) is 0 Å². The summed E-state index contributed by atoms with van der Waals surface area (Å²) in [5, 5.41) is 9.99. The van der Waals surface area contributed by atoms with Gasteiger partial charge >= 0.3 is 5.97 Å². The van der Waals surface area contributed by atoms with Gasteiger partial charge in [-0.1, -0.05) is 56.4 Å². The first-order chi connectivity index (χ1) is 10.3. The number of unbranched alkanes of at least 4 members (excludes halogenated alkanes) is 1. The fraction of sp³-hybridized carbons (Fsp3) is 0.737. The van der Waals surface area contributed by atoms with Gasteiger partial charge < -0.3 is 9.84 Å². The maximum absolute atomic E-state index is 12.2. The van der Waals surface area contributed by atoms with Gasteiger partial charge in [-0.25, -0.2) is 0 Å². The fourth-order valence-electron chi connectivity index (χ4n) is 3.67. The van der Waals surface area contributed by atoms with E-state index in [-0.39, 0.29) is 5.92 Å². The van der Waals surface area contributed by atoms with E-state index in [1.54, 1.807) is 7.11 Å². The molecule has 126 valence electrons. The molecular weight excluding hydrogens is 276 g/mol. The van der Waals surface area contributed by atoms with Crippen LogP contribution in [0.4, 0.5) is 0 Å². The highest BCUT2D eigenvalue weighted by molar-refractivity contribution is 5.79. The van der Waals surface area contributed by atoms with Crippen LogP contribution >= 0.6 is 0 Å². The van der Waals surface area contributed by atoms with Gasteiger partial charge in [0.25, 0.3) is 0 Å². The van der Waals surface area contributed by atoms with E-state index in [4.69, 9.17) is 4.74 Å². The molecule has 0 amide bonds.